The van der Waals surface area contributed by atoms with Crippen LogP contribution in [-0.2, 0) is 6.61 Å². The zero-order chi connectivity index (χ0) is 22.2. The van der Waals surface area contributed by atoms with E-state index in [1.54, 1.807) is 30.5 Å². The number of carbonyl (C=O) groups is 1. The number of carbonyl (C=O) groups excluding carboxylic acids is 1. The summed E-state index contributed by atoms with van der Waals surface area (Å²) in [6.07, 6.45) is 1.63. The topological polar surface area (TPSA) is 59.9 Å². The van der Waals surface area contributed by atoms with Crippen LogP contribution in [0.1, 0.15) is 28.4 Å². The van der Waals surface area contributed by atoms with Crippen molar-refractivity contribution in [1.29, 1.82) is 0 Å². The predicted octanol–water partition coefficient (Wildman–Crippen LogP) is 5.58. The average molecular weight is 425 g/mol. The second-order valence-electron chi connectivity index (χ2n) is 7.13. The zero-order valence-electron chi connectivity index (χ0n) is 17.8. The van der Waals surface area contributed by atoms with Crippen LogP contribution in [0.3, 0.4) is 0 Å². The minimum atomic E-state index is -0.295. The fourth-order valence-corrected chi connectivity index (χ4v) is 3.36. The first-order valence-electron chi connectivity index (χ1n) is 10.5. The number of nitrogens with zero attached hydrogens (tertiary/aromatic N) is 1. The number of rotatable bonds is 8. The predicted molar refractivity (Wildman–Crippen MR) is 127 cm³/mol. The Bertz CT molecular complexity index is 1220. The summed E-state index contributed by atoms with van der Waals surface area (Å²) in [6.45, 7) is 2.94. The average Bonchev–Trinajstić information content (AvgIpc) is 2.84. The van der Waals surface area contributed by atoms with Crippen LogP contribution in [0.4, 0.5) is 0 Å². The Morgan fingerprint density at radius 2 is 1.62 bits per heavy atom. The van der Waals surface area contributed by atoms with Crippen molar-refractivity contribution in [2.75, 3.05) is 6.61 Å². The second-order valence-corrected chi connectivity index (χ2v) is 7.13. The van der Waals surface area contributed by atoms with Crippen molar-refractivity contribution in [3.8, 4) is 11.5 Å². The Morgan fingerprint density at radius 1 is 0.875 bits per heavy atom. The van der Waals surface area contributed by atoms with Crippen molar-refractivity contribution in [2.24, 2.45) is 5.10 Å². The molecule has 0 spiro atoms. The Balaban J connectivity index is 1.53. The number of nitrogens with one attached hydrogen (secondary N) is 1. The second kappa shape index (κ2) is 10.3. The molecule has 5 heteroatoms. The standard InChI is InChI=1S/C27H24N2O3/c1-2-31-23-15-12-22(13-16-23)27(30)29-28-18-25-24-11-7-6-10-21(24)14-17-26(25)32-19-20-8-4-3-5-9-20/h3-18H,2,19H2,1H3,(H,29,30)/b28-18-. The number of hydrazone groups is 1. The van der Waals surface area contributed by atoms with Crippen molar-refractivity contribution < 1.29 is 14.3 Å². The monoisotopic (exact) mass is 424 g/mol. The van der Waals surface area contributed by atoms with Gasteiger partial charge in [0.2, 0.25) is 0 Å². The molecule has 4 aromatic carbocycles. The van der Waals surface area contributed by atoms with E-state index >= 15 is 0 Å². The molecule has 1 N–H and O–H groups in total. The molecular formula is C27H24N2O3. The molecule has 0 aliphatic rings. The van der Waals surface area contributed by atoms with Gasteiger partial charge in [0.15, 0.2) is 0 Å². The van der Waals surface area contributed by atoms with Gasteiger partial charge >= 0.3 is 0 Å². The summed E-state index contributed by atoms with van der Waals surface area (Å²) >= 11 is 0. The summed E-state index contributed by atoms with van der Waals surface area (Å²) < 4.78 is 11.5. The van der Waals surface area contributed by atoms with Crippen molar-refractivity contribution in [3.63, 3.8) is 0 Å². The first kappa shape index (κ1) is 21.1. The quantitative estimate of drug-likeness (QED) is 0.297. The maximum Gasteiger partial charge on any atom is 0.271 e. The van der Waals surface area contributed by atoms with Crippen LogP contribution in [0, 0.1) is 0 Å². The Hall–Kier alpha value is -4.12. The summed E-state index contributed by atoms with van der Waals surface area (Å²) in [4.78, 5) is 12.5. The third-order valence-corrected chi connectivity index (χ3v) is 4.96. The van der Waals surface area contributed by atoms with Gasteiger partial charge in [-0.2, -0.15) is 5.10 Å². The van der Waals surface area contributed by atoms with E-state index in [-0.39, 0.29) is 5.91 Å². The molecule has 0 aliphatic carbocycles. The number of fused-ring (bicyclic) bond motifs is 1. The van der Waals surface area contributed by atoms with Crippen LogP contribution in [-0.4, -0.2) is 18.7 Å². The molecule has 4 rings (SSSR count). The molecular weight excluding hydrogens is 400 g/mol. The molecule has 160 valence electrons. The number of hydrogen-bond acceptors (Lipinski definition) is 4. The fraction of sp³-hybridized carbons (Fsp3) is 0.111. The number of hydrogen-bond donors (Lipinski definition) is 1. The lowest BCUT2D eigenvalue weighted by molar-refractivity contribution is 0.0955. The molecule has 0 aromatic heterocycles. The highest BCUT2D eigenvalue weighted by Crippen LogP contribution is 2.27. The zero-order valence-corrected chi connectivity index (χ0v) is 17.8. The fourth-order valence-electron chi connectivity index (χ4n) is 3.36. The van der Waals surface area contributed by atoms with E-state index in [4.69, 9.17) is 9.47 Å². The minimum Gasteiger partial charge on any atom is -0.494 e. The summed E-state index contributed by atoms with van der Waals surface area (Å²) in [5.41, 5.74) is 4.99. The molecule has 1 amide bonds. The van der Waals surface area contributed by atoms with Crippen LogP contribution < -0.4 is 14.9 Å². The molecule has 0 atom stereocenters. The molecule has 32 heavy (non-hydrogen) atoms. The summed E-state index contributed by atoms with van der Waals surface area (Å²) in [6, 6.07) is 28.9. The number of benzene rings is 4. The van der Waals surface area contributed by atoms with Crippen LogP contribution in [0.15, 0.2) is 96.1 Å². The number of ether oxygens (including phenoxy) is 2. The van der Waals surface area contributed by atoms with Crippen molar-refractivity contribution in [2.45, 2.75) is 13.5 Å². The van der Waals surface area contributed by atoms with Gasteiger partial charge < -0.3 is 9.47 Å². The highest BCUT2D eigenvalue weighted by molar-refractivity contribution is 6.03. The molecule has 0 bridgehead atoms. The molecule has 0 aliphatic heterocycles. The third-order valence-electron chi connectivity index (χ3n) is 4.96. The van der Waals surface area contributed by atoms with Crippen molar-refractivity contribution in [1.82, 2.24) is 5.43 Å². The van der Waals surface area contributed by atoms with Crippen LogP contribution in [0.25, 0.3) is 10.8 Å². The molecule has 0 fully saturated rings. The molecule has 0 unspecified atom stereocenters. The van der Waals surface area contributed by atoms with Gasteiger partial charge in [-0.05, 0) is 53.6 Å². The molecule has 0 heterocycles. The first-order valence-corrected chi connectivity index (χ1v) is 10.5. The highest BCUT2D eigenvalue weighted by atomic mass is 16.5. The van der Waals surface area contributed by atoms with Crippen LogP contribution >= 0.6 is 0 Å². The van der Waals surface area contributed by atoms with E-state index in [0.717, 1.165) is 27.6 Å². The smallest absolute Gasteiger partial charge is 0.271 e. The SMILES string of the molecule is CCOc1ccc(C(=O)N/N=C\c2c(OCc3ccccc3)ccc3ccccc23)cc1. The molecule has 4 aromatic rings. The Morgan fingerprint density at radius 3 is 2.41 bits per heavy atom. The Labute approximate surface area is 187 Å². The van der Waals surface area contributed by atoms with Gasteiger partial charge in [-0.3, -0.25) is 4.79 Å². The van der Waals surface area contributed by atoms with Gasteiger partial charge in [0, 0.05) is 11.1 Å². The van der Waals surface area contributed by atoms with E-state index in [0.29, 0.717) is 24.5 Å². The van der Waals surface area contributed by atoms with E-state index in [9.17, 15) is 4.79 Å². The third kappa shape index (κ3) is 5.13. The molecule has 0 radical (unpaired) electrons. The van der Waals surface area contributed by atoms with Gasteiger partial charge in [0.05, 0.1) is 12.8 Å². The first-order chi connectivity index (χ1) is 15.7. The van der Waals surface area contributed by atoms with E-state index < -0.39 is 0 Å². The summed E-state index contributed by atoms with van der Waals surface area (Å²) in [5, 5.41) is 6.27. The molecule has 0 saturated carbocycles. The van der Waals surface area contributed by atoms with Gasteiger partial charge in [0.25, 0.3) is 5.91 Å². The number of amides is 1. The minimum absolute atomic E-state index is 0.295. The van der Waals surface area contributed by atoms with Gasteiger partial charge in [0.1, 0.15) is 18.1 Å². The lowest BCUT2D eigenvalue weighted by Gasteiger charge is -2.12. The highest BCUT2D eigenvalue weighted by Gasteiger charge is 2.09. The lowest BCUT2D eigenvalue weighted by atomic mass is 10.0. The largest absolute Gasteiger partial charge is 0.494 e. The van der Waals surface area contributed by atoms with E-state index in [2.05, 4.69) is 10.5 Å². The molecule has 0 saturated heterocycles. The van der Waals surface area contributed by atoms with Gasteiger partial charge in [-0.15, -0.1) is 0 Å². The normalized spacial score (nSPS) is 10.9. The van der Waals surface area contributed by atoms with Crippen LogP contribution in [0.5, 0.6) is 11.5 Å². The van der Waals surface area contributed by atoms with Crippen molar-refractivity contribution in [3.05, 3.63) is 108 Å². The van der Waals surface area contributed by atoms with E-state index in [1.807, 2.05) is 73.7 Å². The van der Waals surface area contributed by atoms with Gasteiger partial charge in [-0.25, -0.2) is 5.43 Å². The lowest BCUT2D eigenvalue weighted by Crippen LogP contribution is -2.17. The maximum atomic E-state index is 12.5. The Kier molecular flexibility index (Phi) is 6.78. The van der Waals surface area contributed by atoms with E-state index in [1.165, 1.54) is 0 Å². The van der Waals surface area contributed by atoms with Gasteiger partial charge in [-0.1, -0.05) is 60.7 Å². The summed E-state index contributed by atoms with van der Waals surface area (Å²) in [7, 11) is 0. The molecule has 5 nitrogen and oxygen atoms in total. The maximum absolute atomic E-state index is 12.5. The van der Waals surface area contributed by atoms with Crippen LogP contribution in [0.2, 0.25) is 0 Å². The van der Waals surface area contributed by atoms with Crippen molar-refractivity contribution >= 4 is 22.9 Å². The summed E-state index contributed by atoms with van der Waals surface area (Å²) in [5.74, 6) is 1.13.